The van der Waals surface area contributed by atoms with Gasteiger partial charge in [-0.25, -0.2) is 0 Å². The summed E-state index contributed by atoms with van der Waals surface area (Å²) in [4.78, 5) is 2.46. The lowest BCUT2D eigenvalue weighted by Gasteiger charge is -2.34. The second-order valence-corrected chi connectivity index (χ2v) is 5.86. The van der Waals surface area contributed by atoms with Crippen LogP contribution in [0.5, 0.6) is 0 Å². The van der Waals surface area contributed by atoms with E-state index in [1.165, 1.54) is 16.8 Å². The van der Waals surface area contributed by atoms with Crippen LogP contribution in [0.25, 0.3) is 11.1 Å². The largest absolute Gasteiger partial charge is 0.395 e. The fourth-order valence-corrected chi connectivity index (χ4v) is 3.12. The molecule has 1 heterocycles. The summed E-state index contributed by atoms with van der Waals surface area (Å²) in [5, 5.41) is 12.3. The molecule has 3 rings (SSSR count). The lowest BCUT2D eigenvalue weighted by atomic mass is 10.0. The number of nitrogens with one attached hydrogen (secondary N) is 1. The zero-order valence-electron chi connectivity index (χ0n) is 12.9. The van der Waals surface area contributed by atoms with Crippen LogP contribution in [0.1, 0.15) is 12.8 Å². The van der Waals surface area contributed by atoms with Gasteiger partial charge in [0.15, 0.2) is 0 Å². The van der Waals surface area contributed by atoms with Gasteiger partial charge >= 0.3 is 0 Å². The summed E-state index contributed by atoms with van der Waals surface area (Å²) in [5.74, 6) is 0. The van der Waals surface area contributed by atoms with Crippen molar-refractivity contribution in [3.63, 3.8) is 0 Å². The molecule has 2 aromatic carbocycles. The number of aliphatic hydroxyl groups excluding tert-OH is 1. The molecule has 0 saturated carbocycles. The van der Waals surface area contributed by atoms with Gasteiger partial charge in [0.2, 0.25) is 0 Å². The first kappa shape index (κ1) is 15.1. The van der Waals surface area contributed by atoms with Gasteiger partial charge in [-0.15, -0.1) is 0 Å². The molecule has 2 aromatic rings. The molecule has 116 valence electrons. The Morgan fingerprint density at radius 2 is 1.68 bits per heavy atom. The molecular formula is C19H24N2O. The lowest BCUT2D eigenvalue weighted by Crippen LogP contribution is -2.43. The first-order valence-corrected chi connectivity index (χ1v) is 8.11. The Balaban J connectivity index is 1.66. The van der Waals surface area contributed by atoms with Gasteiger partial charge in [0.25, 0.3) is 0 Å². The third-order valence-corrected chi connectivity index (χ3v) is 4.36. The van der Waals surface area contributed by atoms with E-state index >= 15 is 0 Å². The van der Waals surface area contributed by atoms with Crippen molar-refractivity contribution >= 4 is 5.69 Å². The summed E-state index contributed by atoms with van der Waals surface area (Å²) in [6.07, 6.45) is 2.27. The third-order valence-electron chi connectivity index (χ3n) is 4.36. The molecule has 22 heavy (non-hydrogen) atoms. The number of nitrogens with zero attached hydrogens (tertiary/aromatic N) is 1. The van der Waals surface area contributed by atoms with Crippen LogP contribution < -0.4 is 10.2 Å². The van der Waals surface area contributed by atoms with E-state index in [0.717, 1.165) is 25.9 Å². The van der Waals surface area contributed by atoms with Gasteiger partial charge in [-0.2, -0.15) is 0 Å². The van der Waals surface area contributed by atoms with Crippen molar-refractivity contribution in [1.82, 2.24) is 5.32 Å². The highest BCUT2D eigenvalue weighted by Gasteiger charge is 2.18. The number of aliphatic hydroxyl groups is 1. The first-order valence-electron chi connectivity index (χ1n) is 8.11. The lowest BCUT2D eigenvalue weighted by molar-refractivity contribution is 0.277. The summed E-state index contributed by atoms with van der Waals surface area (Å²) < 4.78 is 0. The third kappa shape index (κ3) is 3.67. The monoisotopic (exact) mass is 296 g/mol. The van der Waals surface area contributed by atoms with E-state index in [2.05, 4.69) is 64.8 Å². The van der Waals surface area contributed by atoms with E-state index in [1.54, 1.807) is 0 Å². The molecule has 1 aliphatic rings. The number of benzene rings is 2. The van der Waals surface area contributed by atoms with Gasteiger partial charge in [-0.1, -0.05) is 42.5 Å². The predicted molar refractivity (Wildman–Crippen MR) is 92.2 cm³/mol. The first-order chi connectivity index (χ1) is 10.9. The Labute approximate surface area is 132 Å². The predicted octanol–water partition coefficient (Wildman–Crippen LogP) is 2.90. The van der Waals surface area contributed by atoms with E-state index in [9.17, 15) is 0 Å². The van der Waals surface area contributed by atoms with Crippen LogP contribution >= 0.6 is 0 Å². The van der Waals surface area contributed by atoms with E-state index in [1.807, 2.05) is 0 Å². The topological polar surface area (TPSA) is 35.5 Å². The summed E-state index contributed by atoms with van der Waals surface area (Å²) in [5.41, 5.74) is 3.85. The number of piperidine rings is 1. The fourth-order valence-electron chi connectivity index (χ4n) is 3.12. The van der Waals surface area contributed by atoms with E-state index in [0.29, 0.717) is 12.6 Å². The maximum atomic E-state index is 8.89. The minimum Gasteiger partial charge on any atom is -0.395 e. The molecular weight excluding hydrogens is 272 g/mol. The SMILES string of the molecule is OCCNC1CCN(c2cccc(-c3ccccc3)c2)CC1. The highest BCUT2D eigenvalue weighted by molar-refractivity contribution is 5.68. The molecule has 3 heteroatoms. The number of rotatable bonds is 5. The Bertz CT molecular complexity index is 577. The van der Waals surface area contributed by atoms with Crippen LogP contribution in [-0.4, -0.2) is 37.4 Å². The smallest absolute Gasteiger partial charge is 0.0556 e. The fraction of sp³-hybridized carbons (Fsp3) is 0.368. The zero-order chi connectivity index (χ0) is 15.2. The van der Waals surface area contributed by atoms with Crippen molar-refractivity contribution in [3.8, 4) is 11.1 Å². The van der Waals surface area contributed by atoms with Crippen molar-refractivity contribution in [3.05, 3.63) is 54.6 Å². The highest BCUT2D eigenvalue weighted by atomic mass is 16.3. The second kappa shape index (κ2) is 7.43. The molecule has 0 unspecified atom stereocenters. The van der Waals surface area contributed by atoms with Crippen molar-refractivity contribution in [2.45, 2.75) is 18.9 Å². The quantitative estimate of drug-likeness (QED) is 0.890. The Kier molecular flexibility index (Phi) is 5.09. The van der Waals surface area contributed by atoms with Gasteiger partial charge in [-0.05, 0) is 36.1 Å². The van der Waals surface area contributed by atoms with Crippen LogP contribution in [-0.2, 0) is 0 Å². The molecule has 1 fully saturated rings. The van der Waals surface area contributed by atoms with E-state index in [4.69, 9.17) is 5.11 Å². The van der Waals surface area contributed by atoms with Crippen LogP contribution in [0.15, 0.2) is 54.6 Å². The van der Waals surface area contributed by atoms with Crippen molar-refractivity contribution in [2.75, 3.05) is 31.1 Å². The van der Waals surface area contributed by atoms with Gasteiger partial charge in [0, 0.05) is 31.4 Å². The van der Waals surface area contributed by atoms with Gasteiger partial charge in [0.1, 0.15) is 0 Å². The van der Waals surface area contributed by atoms with Crippen LogP contribution in [0.4, 0.5) is 5.69 Å². The molecule has 2 N–H and O–H groups in total. The van der Waals surface area contributed by atoms with Crippen molar-refractivity contribution < 1.29 is 5.11 Å². The molecule has 0 bridgehead atoms. The van der Waals surface area contributed by atoms with Crippen LogP contribution in [0.3, 0.4) is 0 Å². The average molecular weight is 296 g/mol. The Hall–Kier alpha value is -1.84. The second-order valence-electron chi connectivity index (χ2n) is 5.86. The minimum atomic E-state index is 0.222. The normalized spacial score (nSPS) is 16.0. The number of anilines is 1. The molecule has 1 aliphatic heterocycles. The highest BCUT2D eigenvalue weighted by Crippen LogP contribution is 2.26. The molecule has 0 atom stereocenters. The maximum absolute atomic E-state index is 8.89. The molecule has 0 aliphatic carbocycles. The Morgan fingerprint density at radius 1 is 0.955 bits per heavy atom. The summed E-state index contributed by atoms with van der Waals surface area (Å²) in [7, 11) is 0. The van der Waals surface area contributed by atoms with Gasteiger partial charge in [-0.3, -0.25) is 0 Å². The van der Waals surface area contributed by atoms with Crippen LogP contribution in [0, 0.1) is 0 Å². The van der Waals surface area contributed by atoms with E-state index in [-0.39, 0.29) is 6.61 Å². The van der Waals surface area contributed by atoms with Crippen molar-refractivity contribution in [1.29, 1.82) is 0 Å². The zero-order valence-corrected chi connectivity index (χ0v) is 12.9. The number of hydrogen-bond donors (Lipinski definition) is 2. The molecule has 0 spiro atoms. The standard InChI is InChI=1S/C19H24N2O/c22-14-11-20-18-9-12-21(13-10-18)19-8-4-7-17(15-19)16-5-2-1-3-6-16/h1-8,15,18,20,22H,9-14H2. The molecule has 1 saturated heterocycles. The molecule has 3 nitrogen and oxygen atoms in total. The molecule has 0 radical (unpaired) electrons. The minimum absolute atomic E-state index is 0.222. The van der Waals surface area contributed by atoms with Gasteiger partial charge in [0.05, 0.1) is 6.61 Å². The maximum Gasteiger partial charge on any atom is 0.0556 e. The molecule has 0 amide bonds. The molecule has 0 aromatic heterocycles. The number of hydrogen-bond acceptors (Lipinski definition) is 3. The average Bonchev–Trinajstić information content (AvgIpc) is 2.61. The Morgan fingerprint density at radius 3 is 2.41 bits per heavy atom. The summed E-state index contributed by atoms with van der Waals surface area (Å²) >= 11 is 0. The van der Waals surface area contributed by atoms with Crippen LogP contribution in [0.2, 0.25) is 0 Å². The summed E-state index contributed by atoms with van der Waals surface area (Å²) in [6, 6.07) is 19.9. The van der Waals surface area contributed by atoms with Crippen molar-refractivity contribution in [2.24, 2.45) is 0 Å². The summed E-state index contributed by atoms with van der Waals surface area (Å²) in [6.45, 7) is 3.07. The van der Waals surface area contributed by atoms with Gasteiger partial charge < -0.3 is 15.3 Å². The van der Waals surface area contributed by atoms with E-state index < -0.39 is 0 Å².